The van der Waals surface area contributed by atoms with Gasteiger partial charge in [-0.3, -0.25) is 4.52 Å². The van der Waals surface area contributed by atoms with Gasteiger partial charge in [0.25, 0.3) is 0 Å². The molecule has 0 radical (unpaired) electrons. The number of hydrogen-bond donors (Lipinski definition) is 4. The number of aliphatic hydroxyl groups excluding tert-OH is 2. The Balaban J connectivity index is 2.61. The summed E-state index contributed by atoms with van der Waals surface area (Å²) in [5.74, 6) is 0. The first-order valence-electron chi connectivity index (χ1n) is 3.67. The molecule has 0 aromatic carbocycles. The zero-order chi connectivity index (χ0) is 10.9. The highest BCUT2D eigenvalue weighted by Crippen LogP contribution is 2.41. The zero-order valence-electron chi connectivity index (χ0n) is 6.86. The summed E-state index contributed by atoms with van der Waals surface area (Å²) in [5, 5.41) is 17.6. The van der Waals surface area contributed by atoms with Crippen LogP contribution in [-0.2, 0) is 13.8 Å². The van der Waals surface area contributed by atoms with Crippen LogP contribution in [0.3, 0.4) is 0 Å². The molecule has 1 aliphatic heterocycles. The molecule has 0 bridgehead atoms. The normalized spacial score (nSPS) is 38.9. The number of ether oxygens (including phenoxy) is 1. The van der Waals surface area contributed by atoms with Gasteiger partial charge >= 0.3 is 7.82 Å². The molecule has 1 fully saturated rings. The van der Waals surface area contributed by atoms with Crippen molar-refractivity contribution in [3.63, 3.8) is 0 Å². The fourth-order valence-electron chi connectivity index (χ4n) is 1.06. The quantitative estimate of drug-likeness (QED) is 0.438. The summed E-state index contributed by atoms with van der Waals surface area (Å²) < 4.78 is 31.7. The van der Waals surface area contributed by atoms with E-state index in [0.29, 0.717) is 0 Å². The van der Waals surface area contributed by atoms with Crippen molar-refractivity contribution in [3.05, 3.63) is 0 Å². The topological polar surface area (TPSA) is 116 Å². The lowest BCUT2D eigenvalue weighted by Gasteiger charge is -2.13. The van der Waals surface area contributed by atoms with Gasteiger partial charge in [-0.2, -0.15) is 0 Å². The molecule has 2 unspecified atom stereocenters. The van der Waals surface area contributed by atoms with E-state index in [1.165, 1.54) is 0 Å². The second-order valence-electron chi connectivity index (χ2n) is 2.76. The second kappa shape index (κ2) is 4.19. The minimum Gasteiger partial charge on any atom is -0.394 e. The van der Waals surface area contributed by atoms with E-state index in [1.807, 2.05) is 0 Å². The number of alkyl halides is 1. The molecular weight excluding hydrogens is 222 g/mol. The van der Waals surface area contributed by atoms with E-state index in [-0.39, 0.29) is 0 Å². The Morgan fingerprint density at radius 3 is 2.43 bits per heavy atom. The summed E-state index contributed by atoms with van der Waals surface area (Å²) in [6.45, 7) is -0.664. The van der Waals surface area contributed by atoms with Crippen molar-refractivity contribution in [2.24, 2.45) is 0 Å². The molecule has 4 N–H and O–H groups in total. The number of phosphoric acid groups is 1. The van der Waals surface area contributed by atoms with Gasteiger partial charge in [0, 0.05) is 0 Å². The Hall–Kier alpha value is -0.0800. The van der Waals surface area contributed by atoms with E-state index < -0.39 is 39.1 Å². The van der Waals surface area contributed by atoms with Crippen LogP contribution in [0.15, 0.2) is 0 Å². The molecule has 0 aromatic rings. The molecule has 1 rings (SSSR count). The van der Waals surface area contributed by atoms with E-state index >= 15 is 0 Å². The molecule has 0 aromatic heterocycles. The number of aliphatic hydroxyl groups is 2. The molecule has 0 spiro atoms. The first-order valence-corrected chi connectivity index (χ1v) is 5.20. The smallest absolute Gasteiger partial charge is 0.394 e. The third-order valence-electron chi connectivity index (χ3n) is 1.70. The van der Waals surface area contributed by atoms with Crippen LogP contribution >= 0.6 is 7.82 Å². The van der Waals surface area contributed by atoms with Crippen LogP contribution in [0.25, 0.3) is 0 Å². The first-order chi connectivity index (χ1) is 6.35. The maximum Gasteiger partial charge on any atom is 0.472 e. The minimum absolute atomic E-state index is 0.664. The van der Waals surface area contributed by atoms with Gasteiger partial charge in [0.05, 0.1) is 6.61 Å². The summed E-state index contributed by atoms with van der Waals surface area (Å²) in [6, 6.07) is 0. The highest BCUT2D eigenvalue weighted by atomic mass is 31.2. The van der Waals surface area contributed by atoms with E-state index in [4.69, 9.17) is 20.0 Å². The predicted octanol–water partition coefficient (Wildman–Crippen LogP) is -1.49. The van der Waals surface area contributed by atoms with Gasteiger partial charge in [0.2, 0.25) is 6.29 Å². The molecule has 0 aliphatic carbocycles. The maximum atomic E-state index is 13.0. The summed E-state index contributed by atoms with van der Waals surface area (Å²) in [4.78, 5) is 16.7. The Kier molecular flexibility index (Phi) is 3.59. The van der Waals surface area contributed by atoms with Crippen LogP contribution in [0.5, 0.6) is 0 Å². The van der Waals surface area contributed by atoms with Crippen molar-refractivity contribution in [3.8, 4) is 0 Å². The fraction of sp³-hybridized carbons (Fsp3) is 1.00. The molecule has 1 heterocycles. The van der Waals surface area contributed by atoms with Crippen molar-refractivity contribution in [2.45, 2.75) is 24.7 Å². The molecule has 1 saturated heterocycles. The lowest BCUT2D eigenvalue weighted by molar-refractivity contribution is -0.114. The van der Waals surface area contributed by atoms with Crippen molar-refractivity contribution in [1.82, 2.24) is 0 Å². The first kappa shape index (κ1) is 12.0. The Morgan fingerprint density at radius 1 is 1.50 bits per heavy atom. The third-order valence-corrected chi connectivity index (χ3v) is 2.18. The van der Waals surface area contributed by atoms with Gasteiger partial charge in [-0.1, -0.05) is 0 Å². The molecule has 0 amide bonds. The van der Waals surface area contributed by atoms with Crippen molar-refractivity contribution < 1.29 is 38.2 Å². The number of halogens is 1. The fourth-order valence-corrected chi connectivity index (χ4v) is 1.50. The summed E-state index contributed by atoms with van der Waals surface area (Å²) in [6.07, 6.45) is -6.85. The average Bonchev–Trinajstić information content (AvgIpc) is 2.30. The monoisotopic (exact) mass is 232 g/mol. The van der Waals surface area contributed by atoms with Crippen LogP contribution in [0.4, 0.5) is 4.39 Å². The SMILES string of the molecule is O=P(O)(O)OC1O[C@H](CO)[C@H](O)C1F. The van der Waals surface area contributed by atoms with Gasteiger partial charge in [-0.15, -0.1) is 0 Å². The summed E-state index contributed by atoms with van der Waals surface area (Å²) >= 11 is 0. The van der Waals surface area contributed by atoms with E-state index in [9.17, 15) is 8.96 Å². The highest BCUT2D eigenvalue weighted by molar-refractivity contribution is 7.46. The standard InChI is InChI=1S/C5H10FO7P/c6-3-4(8)2(1-7)12-5(3)13-14(9,10)11/h2-5,7-8H,1H2,(H2,9,10,11)/t2-,3?,4+,5?/m1/s1. The lowest BCUT2D eigenvalue weighted by Crippen LogP contribution is -2.31. The Bertz CT molecular complexity index is 242. The largest absolute Gasteiger partial charge is 0.472 e. The molecule has 7 nitrogen and oxygen atoms in total. The molecular formula is C5H10FO7P. The van der Waals surface area contributed by atoms with Crippen LogP contribution in [0, 0.1) is 0 Å². The number of rotatable bonds is 3. The predicted molar refractivity (Wildman–Crippen MR) is 39.8 cm³/mol. The molecule has 14 heavy (non-hydrogen) atoms. The van der Waals surface area contributed by atoms with E-state index in [1.54, 1.807) is 0 Å². The van der Waals surface area contributed by atoms with Crippen LogP contribution in [-0.4, -0.2) is 51.3 Å². The lowest BCUT2D eigenvalue weighted by atomic mass is 10.2. The second-order valence-corrected chi connectivity index (χ2v) is 3.95. The average molecular weight is 232 g/mol. The van der Waals surface area contributed by atoms with Gasteiger partial charge in [-0.05, 0) is 0 Å². The number of phosphoric ester groups is 1. The van der Waals surface area contributed by atoms with Crippen molar-refractivity contribution in [1.29, 1.82) is 0 Å². The van der Waals surface area contributed by atoms with Gasteiger partial charge in [-0.25, -0.2) is 8.96 Å². The van der Waals surface area contributed by atoms with Crippen LogP contribution in [0.1, 0.15) is 0 Å². The number of hydrogen-bond acceptors (Lipinski definition) is 5. The third kappa shape index (κ3) is 2.71. The molecule has 4 atom stereocenters. The Morgan fingerprint density at radius 2 is 2.07 bits per heavy atom. The van der Waals surface area contributed by atoms with Gasteiger partial charge in [0.1, 0.15) is 12.2 Å². The zero-order valence-corrected chi connectivity index (χ0v) is 7.75. The summed E-state index contributed by atoms with van der Waals surface area (Å²) in [7, 11) is -4.87. The van der Waals surface area contributed by atoms with Crippen molar-refractivity contribution >= 4 is 7.82 Å². The van der Waals surface area contributed by atoms with Crippen LogP contribution in [0.2, 0.25) is 0 Å². The van der Waals surface area contributed by atoms with E-state index in [0.717, 1.165) is 0 Å². The van der Waals surface area contributed by atoms with E-state index in [2.05, 4.69) is 9.26 Å². The molecule has 0 saturated carbocycles. The molecule has 9 heteroatoms. The highest BCUT2D eigenvalue weighted by Gasteiger charge is 2.47. The van der Waals surface area contributed by atoms with Crippen LogP contribution < -0.4 is 0 Å². The van der Waals surface area contributed by atoms with Gasteiger partial charge in [0.15, 0.2) is 6.17 Å². The Labute approximate surface area is 78.3 Å². The van der Waals surface area contributed by atoms with Crippen molar-refractivity contribution in [2.75, 3.05) is 6.61 Å². The molecule has 84 valence electrons. The van der Waals surface area contributed by atoms with Gasteiger partial charge < -0.3 is 24.7 Å². The summed E-state index contributed by atoms with van der Waals surface area (Å²) in [5.41, 5.74) is 0. The minimum atomic E-state index is -4.87. The maximum absolute atomic E-state index is 13.0. The molecule has 1 aliphatic rings.